The van der Waals surface area contributed by atoms with Crippen molar-refractivity contribution < 1.29 is 14.3 Å². The molecule has 1 atom stereocenters. The van der Waals surface area contributed by atoms with Crippen molar-refractivity contribution in [2.45, 2.75) is 42.2 Å². The van der Waals surface area contributed by atoms with Gasteiger partial charge in [-0.05, 0) is 31.0 Å². The quantitative estimate of drug-likeness (QED) is 0.830. The van der Waals surface area contributed by atoms with Gasteiger partial charge >= 0.3 is 0 Å². The van der Waals surface area contributed by atoms with E-state index in [1.807, 2.05) is 18.2 Å². The fraction of sp³-hybridized carbons (Fsp3) is 0.533. The number of carbonyl (C=O) groups is 1. The predicted molar refractivity (Wildman–Crippen MR) is 75.2 cm³/mol. The van der Waals surface area contributed by atoms with Gasteiger partial charge in [0.05, 0.1) is 18.5 Å². The second kappa shape index (κ2) is 5.87. The minimum Gasteiger partial charge on any atom is -0.490 e. The summed E-state index contributed by atoms with van der Waals surface area (Å²) in [6, 6.07) is 5.99. The highest BCUT2D eigenvalue weighted by Gasteiger charge is 2.23. The zero-order valence-corrected chi connectivity index (χ0v) is 11.7. The van der Waals surface area contributed by atoms with E-state index in [1.165, 1.54) is 0 Å². The van der Waals surface area contributed by atoms with Crippen molar-refractivity contribution in [3.63, 3.8) is 0 Å². The molecular formula is C15H18O3S. The summed E-state index contributed by atoms with van der Waals surface area (Å²) in [5.74, 6) is 2.02. The highest BCUT2D eigenvalue weighted by molar-refractivity contribution is 8.00. The standard InChI is InChI=1S/C15H18O3S/c16-12-4-1-2-5-15(12)19-11-6-7-13-14(10-11)18-9-3-8-17-13/h6-7,10,15H,1-5,8-9H2/t15-/m1/s1. The summed E-state index contributed by atoms with van der Waals surface area (Å²) in [5.41, 5.74) is 0. The van der Waals surface area contributed by atoms with E-state index in [-0.39, 0.29) is 5.25 Å². The summed E-state index contributed by atoms with van der Waals surface area (Å²) >= 11 is 1.67. The lowest BCUT2D eigenvalue weighted by Gasteiger charge is -2.20. The van der Waals surface area contributed by atoms with Crippen LogP contribution in [0.5, 0.6) is 11.5 Å². The second-order valence-electron chi connectivity index (χ2n) is 4.98. The molecule has 0 saturated heterocycles. The number of rotatable bonds is 2. The van der Waals surface area contributed by atoms with Crippen molar-refractivity contribution in [1.29, 1.82) is 0 Å². The molecule has 0 bridgehead atoms. The lowest BCUT2D eigenvalue weighted by molar-refractivity contribution is -0.119. The van der Waals surface area contributed by atoms with Crippen LogP contribution in [0.4, 0.5) is 0 Å². The minimum absolute atomic E-state index is 0.124. The fourth-order valence-corrected chi connectivity index (χ4v) is 3.64. The zero-order chi connectivity index (χ0) is 13.1. The van der Waals surface area contributed by atoms with Gasteiger partial charge in [0.2, 0.25) is 0 Å². The maximum atomic E-state index is 11.9. The Morgan fingerprint density at radius 1 is 1.05 bits per heavy atom. The summed E-state index contributed by atoms with van der Waals surface area (Å²) in [6.07, 6.45) is 4.86. The number of thioether (sulfide) groups is 1. The van der Waals surface area contributed by atoms with E-state index < -0.39 is 0 Å². The van der Waals surface area contributed by atoms with Crippen molar-refractivity contribution in [1.82, 2.24) is 0 Å². The van der Waals surface area contributed by atoms with Crippen LogP contribution in [0.3, 0.4) is 0 Å². The average Bonchev–Trinajstić information content (AvgIpc) is 2.66. The lowest BCUT2D eigenvalue weighted by atomic mass is 9.99. The van der Waals surface area contributed by atoms with Gasteiger partial charge in [0.25, 0.3) is 0 Å². The van der Waals surface area contributed by atoms with E-state index in [0.717, 1.165) is 48.5 Å². The molecule has 3 nitrogen and oxygen atoms in total. The Balaban J connectivity index is 1.74. The molecule has 1 aromatic rings. The summed E-state index contributed by atoms with van der Waals surface area (Å²) in [5, 5.41) is 0.124. The molecule has 1 saturated carbocycles. The molecule has 0 amide bonds. The van der Waals surface area contributed by atoms with Gasteiger partial charge in [0.15, 0.2) is 11.5 Å². The van der Waals surface area contributed by atoms with Crippen molar-refractivity contribution in [3.05, 3.63) is 18.2 Å². The van der Waals surface area contributed by atoms with E-state index >= 15 is 0 Å². The fourth-order valence-electron chi connectivity index (χ4n) is 2.46. The maximum absolute atomic E-state index is 11.9. The molecule has 1 aliphatic heterocycles. The van der Waals surface area contributed by atoms with Crippen LogP contribution in [-0.2, 0) is 4.79 Å². The first-order valence-electron chi connectivity index (χ1n) is 6.92. The molecular weight excluding hydrogens is 260 g/mol. The van der Waals surface area contributed by atoms with Crippen LogP contribution >= 0.6 is 11.8 Å². The average molecular weight is 278 g/mol. The first-order valence-corrected chi connectivity index (χ1v) is 7.80. The predicted octanol–water partition coefficient (Wildman–Crippen LogP) is 3.45. The number of Topliss-reactive ketones (excluding diaryl/α,β-unsaturated/α-hetero) is 1. The molecule has 1 heterocycles. The molecule has 1 aliphatic carbocycles. The monoisotopic (exact) mass is 278 g/mol. The topological polar surface area (TPSA) is 35.5 Å². The van der Waals surface area contributed by atoms with Crippen LogP contribution in [0, 0.1) is 0 Å². The van der Waals surface area contributed by atoms with E-state index in [1.54, 1.807) is 11.8 Å². The van der Waals surface area contributed by atoms with Gasteiger partial charge in [-0.3, -0.25) is 4.79 Å². The van der Waals surface area contributed by atoms with Crippen LogP contribution in [0.1, 0.15) is 32.1 Å². The molecule has 3 rings (SSSR count). The largest absolute Gasteiger partial charge is 0.490 e. The van der Waals surface area contributed by atoms with E-state index in [2.05, 4.69) is 0 Å². The molecule has 0 N–H and O–H groups in total. The van der Waals surface area contributed by atoms with Crippen molar-refractivity contribution in [2.24, 2.45) is 0 Å². The summed E-state index contributed by atoms with van der Waals surface area (Å²) in [4.78, 5) is 13.0. The second-order valence-corrected chi connectivity index (χ2v) is 6.25. The molecule has 0 aromatic heterocycles. The molecule has 4 heteroatoms. The normalized spacial score (nSPS) is 22.9. The van der Waals surface area contributed by atoms with E-state index in [9.17, 15) is 4.79 Å². The molecule has 0 unspecified atom stereocenters. The van der Waals surface area contributed by atoms with Gasteiger partial charge in [-0.1, -0.05) is 6.42 Å². The number of ether oxygens (including phenoxy) is 2. The third-order valence-corrected chi connectivity index (χ3v) is 4.81. The highest BCUT2D eigenvalue weighted by atomic mass is 32.2. The first kappa shape index (κ1) is 12.9. The van der Waals surface area contributed by atoms with Gasteiger partial charge in [-0.15, -0.1) is 11.8 Å². The lowest BCUT2D eigenvalue weighted by Crippen LogP contribution is -2.21. The molecule has 0 spiro atoms. The SMILES string of the molecule is O=C1CCCC[C@H]1Sc1ccc2c(c1)OCCCO2. The number of hydrogen-bond donors (Lipinski definition) is 0. The number of ketones is 1. The Kier molecular flexibility index (Phi) is 3.97. The Morgan fingerprint density at radius 3 is 2.74 bits per heavy atom. The first-order chi connectivity index (χ1) is 9.33. The van der Waals surface area contributed by atoms with Crippen LogP contribution < -0.4 is 9.47 Å². The van der Waals surface area contributed by atoms with Crippen molar-refractivity contribution >= 4 is 17.5 Å². The summed E-state index contributed by atoms with van der Waals surface area (Å²) in [6.45, 7) is 1.41. The summed E-state index contributed by atoms with van der Waals surface area (Å²) < 4.78 is 11.3. The van der Waals surface area contributed by atoms with Crippen LogP contribution in [-0.4, -0.2) is 24.2 Å². The van der Waals surface area contributed by atoms with Gasteiger partial charge in [-0.25, -0.2) is 0 Å². The van der Waals surface area contributed by atoms with Crippen LogP contribution in [0.15, 0.2) is 23.1 Å². The van der Waals surface area contributed by atoms with Crippen molar-refractivity contribution in [3.8, 4) is 11.5 Å². The minimum atomic E-state index is 0.124. The Hall–Kier alpha value is -1.16. The van der Waals surface area contributed by atoms with Crippen molar-refractivity contribution in [2.75, 3.05) is 13.2 Å². The third-order valence-electron chi connectivity index (χ3n) is 3.50. The number of benzene rings is 1. The molecule has 102 valence electrons. The Bertz CT molecular complexity index is 472. The van der Waals surface area contributed by atoms with Gasteiger partial charge in [-0.2, -0.15) is 0 Å². The molecule has 1 fully saturated rings. The molecule has 19 heavy (non-hydrogen) atoms. The number of fused-ring (bicyclic) bond motifs is 1. The summed E-state index contributed by atoms with van der Waals surface area (Å²) in [7, 11) is 0. The number of hydrogen-bond acceptors (Lipinski definition) is 4. The van der Waals surface area contributed by atoms with E-state index in [0.29, 0.717) is 19.0 Å². The van der Waals surface area contributed by atoms with Crippen LogP contribution in [0.25, 0.3) is 0 Å². The zero-order valence-electron chi connectivity index (χ0n) is 10.9. The third kappa shape index (κ3) is 3.06. The highest BCUT2D eigenvalue weighted by Crippen LogP contribution is 2.37. The van der Waals surface area contributed by atoms with Gasteiger partial charge in [0, 0.05) is 17.7 Å². The van der Waals surface area contributed by atoms with Gasteiger partial charge < -0.3 is 9.47 Å². The maximum Gasteiger partial charge on any atom is 0.162 e. The van der Waals surface area contributed by atoms with Crippen LogP contribution in [0.2, 0.25) is 0 Å². The van der Waals surface area contributed by atoms with Gasteiger partial charge in [0.1, 0.15) is 5.78 Å². The van der Waals surface area contributed by atoms with E-state index in [4.69, 9.17) is 9.47 Å². The Morgan fingerprint density at radius 2 is 1.89 bits per heavy atom. The number of carbonyl (C=O) groups excluding carboxylic acids is 1. The molecule has 0 radical (unpaired) electrons. The molecule has 1 aromatic carbocycles. The Labute approximate surface area is 117 Å². The molecule has 2 aliphatic rings. The smallest absolute Gasteiger partial charge is 0.162 e.